The van der Waals surface area contributed by atoms with Gasteiger partial charge in [-0.1, -0.05) is 24.3 Å². The first-order chi connectivity index (χ1) is 12.3. The van der Waals surface area contributed by atoms with Crippen molar-refractivity contribution in [3.63, 3.8) is 0 Å². The molecule has 0 unspecified atom stereocenters. The Hall–Kier alpha value is -3.15. The van der Waals surface area contributed by atoms with Crippen molar-refractivity contribution in [1.82, 2.24) is 19.5 Å². The van der Waals surface area contributed by atoms with E-state index in [-0.39, 0.29) is 11.9 Å². The molecule has 4 heterocycles. The van der Waals surface area contributed by atoms with Crippen LogP contribution in [0.15, 0.2) is 59.1 Å². The molecule has 25 heavy (non-hydrogen) atoms. The predicted octanol–water partition coefficient (Wildman–Crippen LogP) is 3.45. The number of rotatable bonds is 2. The number of para-hydroxylation sites is 1. The van der Waals surface area contributed by atoms with E-state index >= 15 is 0 Å². The molecule has 124 valence electrons. The standard InChI is InChI=1S/C19H16N4O2/c24-19(16-12-13-6-1-2-8-15(13)25-16)22-11-5-7-14(22)18-21-20-17-9-3-4-10-23(17)18/h1-4,6,8-10,12,14H,5,7,11H2/t14-/m1/s1. The second kappa shape index (κ2) is 5.44. The fourth-order valence-electron chi connectivity index (χ4n) is 3.59. The molecule has 0 spiro atoms. The monoisotopic (exact) mass is 332 g/mol. The summed E-state index contributed by atoms with van der Waals surface area (Å²) >= 11 is 0. The third kappa shape index (κ3) is 2.21. The molecule has 0 bridgehead atoms. The van der Waals surface area contributed by atoms with E-state index in [2.05, 4.69) is 10.2 Å². The van der Waals surface area contributed by atoms with E-state index in [9.17, 15) is 4.79 Å². The average molecular weight is 332 g/mol. The third-order valence-electron chi connectivity index (χ3n) is 4.79. The van der Waals surface area contributed by atoms with E-state index in [1.165, 1.54) is 0 Å². The topological polar surface area (TPSA) is 63.6 Å². The normalized spacial score (nSPS) is 17.6. The number of benzene rings is 1. The molecule has 1 aliphatic heterocycles. The van der Waals surface area contributed by atoms with Crippen LogP contribution in [0.25, 0.3) is 16.6 Å². The molecule has 6 heteroatoms. The molecule has 1 atom stereocenters. The first-order valence-corrected chi connectivity index (χ1v) is 8.40. The molecule has 1 fully saturated rings. The lowest BCUT2D eigenvalue weighted by Crippen LogP contribution is -2.31. The Bertz CT molecular complexity index is 1050. The quantitative estimate of drug-likeness (QED) is 0.564. The van der Waals surface area contributed by atoms with E-state index in [0.717, 1.165) is 35.3 Å². The number of nitrogens with zero attached hydrogens (tertiary/aromatic N) is 4. The first-order valence-electron chi connectivity index (χ1n) is 8.40. The lowest BCUT2D eigenvalue weighted by atomic mass is 10.2. The number of furan rings is 1. The lowest BCUT2D eigenvalue weighted by Gasteiger charge is -2.22. The minimum atomic E-state index is -0.0913. The Balaban J connectivity index is 1.53. The summed E-state index contributed by atoms with van der Waals surface area (Å²) < 4.78 is 7.71. The Kier molecular flexibility index (Phi) is 3.09. The van der Waals surface area contributed by atoms with Crippen LogP contribution in [0.1, 0.15) is 35.3 Å². The van der Waals surface area contributed by atoms with Gasteiger partial charge in [0.2, 0.25) is 0 Å². The van der Waals surface area contributed by atoms with Gasteiger partial charge in [0.25, 0.3) is 5.91 Å². The maximum atomic E-state index is 13.0. The van der Waals surface area contributed by atoms with Crippen LogP contribution in [-0.4, -0.2) is 31.9 Å². The van der Waals surface area contributed by atoms with E-state index in [1.807, 2.05) is 64.0 Å². The summed E-state index contributed by atoms with van der Waals surface area (Å²) in [7, 11) is 0. The Morgan fingerprint density at radius 3 is 2.92 bits per heavy atom. The van der Waals surface area contributed by atoms with Gasteiger partial charge in [-0.2, -0.15) is 0 Å². The van der Waals surface area contributed by atoms with Crippen molar-refractivity contribution >= 4 is 22.5 Å². The van der Waals surface area contributed by atoms with Crippen molar-refractivity contribution in [1.29, 1.82) is 0 Å². The molecule has 1 aliphatic rings. The minimum Gasteiger partial charge on any atom is -0.451 e. The molecule has 0 N–H and O–H groups in total. The van der Waals surface area contributed by atoms with Gasteiger partial charge in [-0.3, -0.25) is 9.20 Å². The van der Waals surface area contributed by atoms with Gasteiger partial charge in [0.15, 0.2) is 17.2 Å². The molecule has 0 radical (unpaired) electrons. The molecule has 0 saturated carbocycles. The molecule has 1 saturated heterocycles. The summed E-state index contributed by atoms with van der Waals surface area (Å²) in [5.74, 6) is 1.09. The van der Waals surface area contributed by atoms with Crippen LogP contribution in [-0.2, 0) is 0 Å². The molecular formula is C19H16N4O2. The summed E-state index contributed by atoms with van der Waals surface area (Å²) in [6.45, 7) is 0.697. The number of carbonyl (C=O) groups is 1. The van der Waals surface area contributed by atoms with Crippen LogP contribution in [0.3, 0.4) is 0 Å². The molecule has 6 nitrogen and oxygen atoms in total. The van der Waals surface area contributed by atoms with Crippen molar-refractivity contribution in [2.75, 3.05) is 6.54 Å². The summed E-state index contributed by atoms with van der Waals surface area (Å²) in [4.78, 5) is 14.9. The molecule has 1 aromatic carbocycles. The van der Waals surface area contributed by atoms with E-state index in [0.29, 0.717) is 12.3 Å². The number of hydrogen-bond acceptors (Lipinski definition) is 4. The van der Waals surface area contributed by atoms with Gasteiger partial charge in [-0.15, -0.1) is 10.2 Å². The smallest absolute Gasteiger partial charge is 0.290 e. The molecule has 4 aromatic rings. The Morgan fingerprint density at radius 2 is 2.00 bits per heavy atom. The van der Waals surface area contributed by atoms with Crippen LogP contribution in [0.2, 0.25) is 0 Å². The van der Waals surface area contributed by atoms with Crippen LogP contribution in [0.4, 0.5) is 0 Å². The van der Waals surface area contributed by atoms with E-state index in [1.54, 1.807) is 0 Å². The van der Waals surface area contributed by atoms with Crippen molar-refractivity contribution in [3.05, 3.63) is 66.3 Å². The number of aromatic nitrogens is 3. The second-order valence-electron chi connectivity index (χ2n) is 6.29. The first kappa shape index (κ1) is 14.2. The van der Waals surface area contributed by atoms with E-state index in [4.69, 9.17) is 4.42 Å². The number of likely N-dealkylation sites (tertiary alicyclic amines) is 1. The molecule has 0 aliphatic carbocycles. The molecule has 3 aromatic heterocycles. The zero-order valence-electron chi connectivity index (χ0n) is 13.5. The Morgan fingerprint density at radius 1 is 1.12 bits per heavy atom. The fraction of sp³-hybridized carbons (Fsp3) is 0.211. The lowest BCUT2D eigenvalue weighted by molar-refractivity contribution is 0.0699. The van der Waals surface area contributed by atoms with Crippen molar-refractivity contribution in [2.24, 2.45) is 0 Å². The van der Waals surface area contributed by atoms with Gasteiger partial charge in [-0.25, -0.2) is 0 Å². The highest BCUT2D eigenvalue weighted by Gasteiger charge is 2.35. The number of amides is 1. The maximum absolute atomic E-state index is 13.0. The fourth-order valence-corrected chi connectivity index (χ4v) is 3.59. The van der Waals surface area contributed by atoms with Gasteiger partial charge in [0, 0.05) is 18.1 Å². The second-order valence-corrected chi connectivity index (χ2v) is 6.29. The maximum Gasteiger partial charge on any atom is 0.290 e. The zero-order chi connectivity index (χ0) is 16.8. The van der Waals surface area contributed by atoms with Crippen molar-refractivity contribution in [2.45, 2.75) is 18.9 Å². The summed E-state index contributed by atoms with van der Waals surface area (Å²) in [6.07, 6.45) is 3.76. The highest BCUT2D eigenvalue weighted by atomic mass is 16.3. The van der Waals surface area contributed by atoms with Crippen LogP contribution >= 0.6 is 0 Å². The van der Waals surface area contributed by atoms with E-state index < -0.39 is 0 Å². The molecular weight excluding hydrogens is 316 g/mol. The predicted molar refractivity (Wildman–Crippen MR) is 92.2 cm³/mol. The van der Waals surface area contributed by atoms with Crippen molar-refractivity contribution < 1.29 is 9.21 Å². The van der Waals surface area contributed by atoms with Gasteiger partial charge >= 0.3 is 0 Å². The van der Waals surface area contributed by atoms with Crippen LogP contribution in [0, 0.1) is 0 Å². The van der Waals surface area contributed by atoms with Crippen LogP contribution < -0.4 is 0 Å². The highest BCUT2D eigenvalue weighted by molar-refractivity contribution is 5.96. The third-order valence-corrected chi connectivity index (χ3v) is 4.79. The van der Waals surface area contributed by atoms with Gasteiger partial charge in [-0.05, 0) is 37.1 Å². The summed E-state index contributed by atoms with van der Waals surface area (Å²) in [6, 6.07) is 15.2. The largest absolute Gasteiger partial charge is 0.451 e. The minimum absolute atomic E-state index is 0.0851. The Labute approximate surface area is 143 Å². The molecule has 5 rings (SSSR count). The number of pyridine rings is 1. The SMILES string of the molecule is O=C(c1cc2ccccc2o1)N1CCC[C@@H]1c1nnc2ccccn12. The summed E-state index contributed by atoms with van der Waals surface area (Å²) in [5.41, 5.74) is 1.52. The van der Waals surface area contributed by atoms with Gasteiger partial charge in [0.05, 0.1) is 6.04 Å². The van der Waals surface area contributed by atoms with Gasteiger partial charge in [0.1, 0.15) is 5.58 Å². The summed E-state index contributed by atoms with van der Waals surface area (Å²) in [5, 5.41) is 9.49. The zero-order valence-corrected chi connectivity index (χ0v) is 13.5. The molecule has 1 amide bonds. The highest BCUT2D eigenvalue weighted by Crippen LogP contribution is 2.33. The van der Waals surface area contributed by atoms with Crippen molar-refractivity contribution in [3.8, 4) is 0 Å². The van der Waals surface area contributed by atoms with Crippen LogP contribution in [0.5, 0.6) is 0 Å². The average Bonchev–Trinajstić information content (AvgIpc) is 3.37. The van der Waals surface area contributed by atoms with Gasteiger partial charge < -0.3 is 9.32 Å². The number of hydrogen-bond donors (Lipinski definition) is 0. The number of carbonyl (C=O) groups excluding carboxylic acids is 1. The number of fused-ring (bicyclic) bond motifs is 2.